The van der Waals surface area contributed by atoms with E-state index in [9.17, 15) is 9.59 Å². The second kappa shape index (κ2) is 5.73. The van der Waals surface area contributed by atoms with E-state index in [1.807, 2.05) is 12.1 Å². The van der Waals surface area contributed by atoms with Gasteiger partial charge >= 0.3 is 5.97 Å². The first-order valence-electron chi connectivity index (χ1n) is 6.27. The van der Waals surface area contributed by atoms with Crippen molar-refractivity contribution in [3.05, 3.63) is 23.8 Å². The summed E-state index contributed by atoms with van der Waals surface area (Å²) in [6.07, 6.45) is 0.646. The number of fused-ring (bicyclic) bond motifs is 1. The van der Waals surface area contributed by atoms with Crippen LogP contribution < -0.4 is 10.1 Å². The number of ether oxygens (including phenoxy) is 2. The molecule has 102 valence electrons. The Morgan fingerprint density at radius 2 is 2.21 bits per heavy atom. The molecule has 1 aromatic rings. The zero-order chi connectivity index (χ0) is 13.8. The number of methoxy groups -OCH3 is 1. The molecule has 0 aromatic heterocycles. The molecule has 1 atom stereocenters. The second-order valence-electron chi connectivity index (χ2n) is 4.43. The van der Waals surface area contributed by atoms with Gasteiger partial charge in [-0.1, -0.05) is 6.07 Å². The SMILES string of the molecule is CCOC(=O)C1CC(=O)Nc2cc(OC)ccc2C1. The van der Waals surface area contributed by atoms with E-state index in [-0.39, 0.29) is 18.3 Å². The van der Waals surface area contributed by atoms with Crippen molar-refractivity contribution in [2.45, 2.75) is 19.8 Å². The summed E-state index contributed by atoms with van der Waals surface area (Å²) in [7, 11) is 1.57. The average Bonchev–Trinajstić information content (AvgIpc) is 2.56. The van der Waals surface area contributed by atoms with E-state index in [4.69, 9.17) is 9.47 Å². The average molecular weight is 263 g/mol. The Kier molecular flexibility index (Phi) is 4.04. The molecule has 1 heterocycles. The van der Waals surface area contributed by atoms with E-state index in [0.29, 0.717) is 24.5 Å². The molecular weight excluding hydrogens is 246 g/mol. The number of rotatable bonds is 3. The summed E-state index contributed by atoms with van der Waals surface area (Å²) >= 11 is 0. The van der Waals surface area contributed by atoms with Gasteiger partial charge in [0.15, 0.2) is 0 Å². The molecule has 1 N–H and O–H groups in total. The molecule has 2 rings (SSSR count). The monoisotopic (exact) mass is 263 g/mol. The van der Waals surface area contributed by atoms with Crippen LogP contribution in [-0.2, 0) is 20.7 Å². The van der Waals surface area contributed by atoms with Gasteiger partial charge < -0.3 is 14.8 Å². The van der Waals surface area contributed by atoms with Gasteiger partial charge in [-0.15, -0.1) is 0 Å². The van der Waals surface area contributed by atoms with Crippen molar-refractivity contribution in [2.24, 2.45) is 5.92 Å². The standard InChI is InChI=1S/C14H17NO4/c1-3-19-14(17)10-6-9-4-5-11(18-2)8-12(9)15-13(16)7-10/h4-5,8,10H,3,6-7H2,1-2H3,(H,15,16). The van der Waals surface area contributed by atoms with E-state index in [0.717, 1.165) is 5.56 Å². The molecule has 1 unspecified atom stereocenters. The first kappa shape index (κ1) is 13.4. The van der Waals surface area contributed by atoms with Crippen LogP contribution in [0, 0.1) is 5.92 Å². The highest BCUT2D eigenvalue weighted by Crippen LogP contribution is 2.29. The third kappa shape index (κ3) is 3.05. The lowest BCUT2D eigenvalue weighted by Gasteiger charge is -2.12. The Labute approximate surface area is 111 Å². The zero-order valence-corrected chi connectivity index (χ0v) is 11.1. The quantitative estimate of drug-likeness (QED) is 0.844. The molecule has 0 bridgehead atoms. The van der Waals surface area contributed by atoms with Gasteiger partial charge in [-0.2, -0.15) is 0 Å². The third-order valence-corrected chi connectivity index (χ3v) is 3.11. The number of hydrogen-bond donors (Lipinski definition) is 1. The van der Waals surface area contributed by atoms with Gasteiger partial charge in [-0.05, 0) is 25.0 Å². The van der Waals surface area contributed by atoms with Gasteiger partial charge in [0.1, 0.15) is 5.75 Å². The van der Waals surface area contributed by atoms with Crippen LogP contribution in [0.5, 0.6) is 5.75 Å². The number of hydrogen-bond acceptors (Lipinski definition) is 4. The molecule has 0 fully saturated rings. The summed E-state index contributed by atoms with van der Waals surface area (Å²) < 4.78 is 10.1. The number of carbonyl (C=O) groups excluding carboxylic acids is 2. The van der Waals surface area contributed by atoms with E-state index in [2.05, 4.69) is 5.32 Å². The van der Waals surface area contributed by atoms with Crippen molar-refractivity contribution < 1.29 is 19.1 Å². The van der Waals surface area contributed by atoms with Crippen LogP contribution in [0.3, 0.4) is 0 Å². The van der Waals surface area contributed by atoms with Crippen molar-refractivity contribution in [3.63, 3.8) is 0 Å². The molecule has 0 radical (unpaired) electrons. The fraction of sp³-hybridized carbons (Fsp3) is 0.429. The van der Waals surface area contributed by atoms with Crippen LogP contribution in [0.25, 0.3) is 0 Å². The van der Waals surface area contributed by atoms with E-state index in [1.165, 1.54) is 0 Å². The summed E-state index contributed by atoms with van der Waals surface area (Å²) in [5.41, 5.74) is 1.63. The number of esters is 1. The maximum Gasteiger partial charge on any atom is 0.309 e. The predicted molar refractivity (Wildman–Crippen MR) is 70.1 cm³/mol. The number of anilines is 1. The minimum atomic E-state index is -0.422. The van der Waals surface area contributed by atoms with Crippen LogP contribution in [0.1, 0.15) is 18.9 Å². The minimum absolute atomic E-state index is 0.149. The molecule has 1 aromatic carbocycles. The fourth-order valence-corrected chi connectivity index (χ4v) is 2.17. The van der Waals surface area contributed by atoms with Gasteiger partial charge in [0.05, 0.1) is 19.6 Å². The topological polar surface area (TPSA) is 64.6 Å². The van der Waals surface area contributed by atoms with Crippen molar-refractivity contribution >= 4 is 17.6 Å². The van der Waals surface area contributed by atoms with Gasteiger partial charge in [0.25, 0.3) is 0 Å². The Hall–Kier alpha value is -2.04. The van der Waals surface area contributed by atoms with Gasteiger partial charge in [-0.3, -0.25) is 9.59 Å². The summed E-state index contributed by atoms with van der Waals surface area (Å²) in [6, 6.07) is 5.45. The Bertz CT molecular complexity index is 498. The first-order chi connectivity index (χ1) is 9.13. The molecule has 1 aliphatic rings. The van der Waals surface area contributed by atoms with Crippen LogP contribution in [0.4, 0.5) is 5.69 Å². The van der Waals surface area contributed by atoms with Crippen LogP contribution in [0.15, 0.2) is 18.2 Å². The molecule has 5 heteroatoms. The van der Waals surface area contributed by atoms with Gasteiger partial charge in [-0.25, -0.2) is 0 Å². The van der Waals surface area contributed by atoms with Crippen molar-refractivity contribution in [2.75, 3.05) is 19.0 Å². The molecule has 5 nitrogen and oxygen atoms in total. The number of benzene rings is 1. The largest absolute Gasteiger partial charge is 0.497 e. The highest BCUT2D eigenvalue weighted by Gasteiger charge is 2.28. The molecule has 1 amide bonds. The van der Waals surface area contributed by atoms with Crippen molar-refractivity contribution in [1.82, 2.24) is 0 Å². The van der Waals surface area contributed by atoms with Gasteiger partial charge in [0, 0.05) is 18.2 Å². The highest BCUT2D eigenvalue weighted by atomic mass is 16.5. The van der Waals surface area contributed by atoms with Crippen LogP contribution >= 0.6 is 0 Å². The normalized spacial score (nSPS) is 18.0. The second-order valence-corrected chi connectivity index (χ2v) is 4.43. The lowest BCUT2D eigenvalue weighted by molar-refractivity contribution is -0.149. The Morgan fingerprint density at radius 3 is 2.89 bits per heavy atom. The summed E-state index contributed by atoms with van der Waals surface area (Å²) in [4.78, 5) is 23.6. The zero-order valence-electron chi connectivity index (χ0n) is 11.1. The molecule has 0 saturated heterocycles. The molecule has 0 spiro atoms. The Balaban J connectivity index is 2.26. The highest BCUT2D eigenvalue weighted by molar-refractivity contribution is 5.95. The smallest absolute Gasteiger partial charge is 0.309 e. The molecule has 0 aliphatic carbocycles. The Morgan fingerprint density at radius 1 is 1.42 bits per heavy atom. The fourth-order valence-electron chi connectivity index (χ4n) is 2.17. The summed E-state index contributed by atoms with van der Waals surface area (Å²) in [6.45, 7) is 2.08. The van der Waals surface area contributed by atoms with E-state index >= 15 is 0 Å². The number of amides is 1. The van der Waals surface area contributed by atoms with Crippen molar-refractivity contribution in [3.8, 4) is 5.75 Å². The predicted octanol–water partition coefficient (Wildman–Crippen LogP) is 1.76. The van der Waals surface area contributed by atoms with Crippen LogP contribution in [-0.4, -0.2) is 25.6 Å². The maximum absolute atomic E-state index is 11.8. The maximum atomic E-state index is 11.8. The lowest BCUT2D eigenvalue weighted by atomic mass is 9.97. The van der Waals surface area contributed by atoms with E-state index in [1.54, 1.807) is 20.1 Å². The molecule has 0 saturated carbocycles. The summed E-state index contributed by atoms with van der Waals surface area (Å²) in [5.74, 6) is -0.241. The molecular formula is C14H17NO4. The van der Waals surface area contributed by atoms with Crippen molar-refractivity contribution in [1.29, 1.82) is 0 Å². The van der Waals surface area contributed by atoms with Crippen LogP contribution in [0.2, 0.25) is 0 Å². The minimum Gasteiger partial charge on any atom is -0.497 e. The number of carbonyl (C=O) groups is 2. The van der Waals surface area contributed by atoms with Gasteiger partial charge in [0.2, 0.25) is 5.91 Å². The third-order valence-electron chi connectivity index (χ3n) is 3.11. The first-order valence-corrected chi connectivity index (χ1v) is 6.27. The summed E-state index contributed by atoms with van der Waals surface area (Å²) in [5, 5.41) is 2.80. The number of nitrogens with one attached hydrogen (secondary N) is 1. The van der Waals surface area contributed by atoms with E-state index < -0.39 is 5.92 Å². The molecule has 19 heavy (non-hydrogen) atoms. The molecule has 1 aliphatic heterocycles. The lowest BCUT2D eigenvalue weighted by Crippen LogP contribution is -2.23.